The van der Waals surface area contributed by atoms with Crippen molar-refractivity contribution in [2.75, 3.05) is 0 Å². The molecule has 5 aromatic carbocycles. The monoisotopic (exact) mass is 433 g/mol. The average molecular weight is 434 g/mol. The number of para-hydroxylation sites is 2. The Morgan fingerprint density at radius 2 is 1.06 bits per heavy atom. The molecule has 1 heterocycles. The number of rotatable bonds is 2. The number of hydrogen-bond donors (Lipinski definition) is 0. The van der Waals surface area contributed by atoms with E-state index in [4.69, 9.17) is 0 Å². The van der Waals surface area contributed by atoms with Crippen molar-refractivity contribution in [1.29, 1.82) is 0 Å². The van der Waals surface area contributed by atoms with Crippen molar-refractivity contribution in [3.05, 3.63) is 131 Å². The minimum Gasteiger partial charge on any atom is -0.336 e. The topological polar surface area (TPSA) is 4.93 Å². The predicted octanol–water partition coefficient (Wildman–Crippen LogP) is 7.99. The summed E-state index contributed by atoms with van der Waals surface area (Å²) < 4.78 is 2.48. The molecule has 0 aliphatic heterocycles. The molecule has 0 unspecified atom stereocenters. The molecular formula is C33H23N. The number of fused-ring (bicyclic) bond motifs is 10. The molecule has 0 radical (unpaired) electrons. The van der Waals surface area contributed by atoms with Gasteiger partial charge in [0.25, 0.3) is 0 Å². The van der Waals surface area contributed by atoms with Crippen LogP contribution in [0.2, 0.25) is 0 Å². The maximum atomic E-state index is 2.48. The fourth-order valence-electron chi connectivity index (χ4n) is 6.43. The molecule has 1 heteroatoms. The van der Waals surface area contributed by atoms with E-state index in [2.05, 4.69) is 108 Å². The molecule has 0 saturated heterocycles. The summed E-state index contributed by atoms with van der Waals surface area (Å²) in [5.41, 5.74) is 15.7. The van der Waals surface area contributed by atoms with Gasteiger partial charge in [-0.3, -0.25) is 0 Å². The van der Waals surface area contributed by atoms with E-state index >= 15 is 0 Å². The van der Waals surface area contributed by atoms with Crippen molar-refractivity contribution in [1.82, 2.24) is 4.57 Å². The van der Waals surface area contributed by atoms with Gasteiger partial charge < -0.3 is 4.57 Å². The quantitative estimate of drug-likeness (QED) is 0.260. The van der Waals surface area contributed by atoms with Crippen LogP contribution in [0.15, 0.2) is 103 Å². The summed E-state index contributed by atoms with van der Waals surface area (Å²) >= 11 is 0. The van der Waals surface area contributed by atoms with E-state index in [9.17, 15) is 0 Å². The summed E-state index contributed by atoms with van der Waals surface area (Å²) in [5, 5.41) is 2.67. The second-order valence-corrected chi connectivity index (χ2v) is 9.74. The van der Waals surface area contributed by atoms with Gasteiger partial charge in [0.15, 0.2) is 0 Å². The Balaban J connectivity index is 1.21. The lowest BCUT2D eigenvalue weighted by molar-refractivity contribution is 0.867. The van der Waals surface area contributed by atoms with Crippen molar-refractivity contribution in [3.63, 3.8) is 0 Å². The minimum atomic E-state index is 0.890. The Morgan fingerprint density at radius 3 is 1.79 bits per heavy atom. The summed E-state index contributed by atoms with van der Waals surface area (Å²) in [6.07, 6.45) is 2.11. The molecule has 34 heavy (non-hydrogen) atoms. The first kappa shape index (κ1) is 18.3. The lowest BCUT2D eigenvalue weighted by Crippen LogP contribution is -2.00. The molecule has 160 valence electrons. The van der Waals surface area contributed by atoms with E-state index in [0.717, 1.165) is 19.4 Å². The number of hydrogen-bond acceptors (Lipinski definition) is 0. The molecule has 0 saturated carbocycles. The molecular weight excluding hydrogens is 410 g/mol. The second-order valence-electron chi connectivity index (χ2n) is 9.74. The first-order valence-corrected chi connectivity index (χ1v) is 12.2. The van der Waals surface area contributed by atoms with E-state index in [1.54, 1.807) is 5.56 Å². The average Bonchev–Trinajstić information content (AvgIpc) is 3.54. The van der Waals surface area contributed by atoms with Gasteiger partial charge in [0.05, 0.1) is 0 Å². The van der Waals surface area contributed by atoms with Crippen molar-refractivity contribution in [2.45, 2.75) is 19.4 Å². The standard InChI is InChI=1S/C33H23N/c1-2-8-24-22(7-1)18-30-26(24)15-16-27-25-14-13-21(17-23(25)19-31(27)30)20-34-32-11-5-3-9-28(32)29-10-4-6-12-33(29)34/h1-17H,18-20H2. The van der Waals surface area contributed by atoms with Gasteiger partial charge in [-0.2, -0.15) is 0 Å². The molecule has 0 amide bonds. The van der Waals surface area contributed by atoms with Crippen LogP contribution in [-0.4, -0.2) is 4.57 Å². The SMILES string of the molecule is c1ccc2c(c1)Cc1c-2ccc2c1Cc1cc(Cn3c4ccccc4c4ccccc43)ccc1-2. The highest BCUT2D eigenvalue weighted by molar-refractivity contribution is 6.08. The highest BCUT2D eigenvalue weighted by Crippen LogP contribution is 2.46. The second kappa shape index (κ2) is 6.71. The third-order valence-corrected chi connectivity index (χ3v) is 7.95. The molecule has 8 rings (SSSR count). The van der Waals surface area contributed by atoms with E-state index in [-0.39, 0.29) is 0 Å². The lowest BCUT2D eigenvalue weighted by Gasteiger charge is -2.10. The molecule has 0 bridgehead atoms. The Kier molecular flexibility index (Phi) is 3.62. The van der Waals surface area contributed by atoms with Gasteiger partial charge in [-0.25, -0.2) is 0 Å². The normalized spacial score (nSPS) is 13.2. The highest BCUT2D eigenvalue weighted by Gasteiger charge is 2.27. The van der Waals surface area contributed by atoms with E-state index in [0.29, 0.717) is 0 Å². The van der Waals surface area contributed by atoms with Crippen molar-refractivity contribution in [2.24, 2.45) is 0 Å². The van der Waals surface area contributed by atoms with Gasteiger partial charge in [0.1, 0.15) is 0 Å². The molecule has 0 fully saturated rings. The van der Waals surface area contributed by atoms with Crippen LogP contribution < -0.4 is 0 Å². The molecule has 6 aromatic rings. The highest BCUT2D eigenvalue weighted by atomic mass is 15.0. The van der Waals surface area contributed by atoms with Crippen LogP contribution in [0.1, 0.15) is 27.8 Å². The Morgan fingerprint density at radius 1 is 0.500 bits per heavy atom. The number of benzene rings is 5. The fourth-order valence-corrected chi connectivity index (χ4v) is 6.43. The molecule has 1 nitrogen and oxygen atoms in total. The molecule has 2 aliphatic rings. The van der Waals surface area contributed by atoms with Crippen molar-refractivity contribution in [3.8, 4) is 22.3 Å². The molecule has 0 spiro atoms. The van der Waals surface area contributed by atoms with Crippen LogP contribution in [-0.2, 0) is 19.4 Å². The van der Waals surface area contributed by atoms with Gasteiger partial charge in [-0.15, -0.1) is 0 Å². The number of aromatic nitrogens is 1. The Bertz CT molecular complexity index is 1730. The molecule has 0 N–H and O–H groups in total. The summed E-state index contributed by atoms with van der Waals surface area (Å²) in [6.45, 7) is 0.890. The van der Waals surface area contributed by atoms with Gasteiger partial charge in [-0.1, -0.05) is 91.0 Å². The first-order chi connectivity index (χ1) is 16.8. The zero-order valence-corrected chi connectivity index (χ0v) is 18.9. The van der Waals surface area contributed by atoms with Crippen LogP contribution in [0.25, 0.3) is 44.1 Å². The van der Waals surface area contributed by atoms with Gasteiger partial charge in [0, 0.05) is 28.4 Å². The molecule has 0 atom stereocenters. The smallest absolute Gasteiger partial charge is 0.0494 e. The van der Waals surface area contributed by atoms with Crippen LogP contribution in [0.5, 0.6) is 0 Å². The maximum absolute atomic E-state index is 2.48. The maximum Gasteiger partial charge on any atom is 0.0494 e. The van der Waals surface area contributed by atoms with Crippen LogP contribution in [0.4, 0.5) is 0 Å². The summed E-state index contributed by atoms with van der Waals surface area (Å²) in [5.74, 6) is 0. The fraction of sp³-hybridized carbons (Fsp3) is 0.0909. The van der Waals surface area contributed by atoms with Crippen molar-refractivity contribution < 1.29 is 0 Å². The van der Waals surface area contributed by atoms with Crippen LogP contribution in [0, 0.1) is 0 Å². The van der Waals surface area contributed by atoms with Gasteiger partial charge in [-0.05, 0) is 75.0 Å². The Labute approximate surface area is 198 Å². The summed E-state index contributed by atoms with van der Waals surface area (Å²) in [4.78, 5) is 0. The van der Waals surface area contributed by atoms with E-state index < -0.39 is 0 Å². The predicted molar refractivity (Wildman–Crippen MR) is 141 cm³/mol. The third kappa shape index (κ3) is 2.44. The third-order valence-electron chi connectivity index (χ3n) is 7.95. The number of nitrogens with zero attached hydrogens (tertiary/aromatic N) is 1. The van der Waals surface area contributed by atoms with Crippen molar-refractivity contribution >= 4 is 21.8 Å². The summed E-state index contributed by atoms with van der Waals surface area (Å²) in [7, 11) is 0. The van der Waals surface area contributed by atoms with Gasteiger partial charge in [0.2, 0.25) is 0 Å². The molecule has 2 aliphatic carbocycles. The van der Waals surface area contributed by atoms with Crippen LogP contribution >= 0.6 is 0 Å². The Hall–Kier alpha value is -4.10. The largest absolute Gasteiger partial charge is 0.336 e. The van der Waals surface area contributed by atoms with E-state index in [1.165, 1.54) is 66.3 Å². The summed E-state index contributed by atoms with van der Waals surface area (Å²) in [6, 6.07) is 38.3. The zero-order valence-electron chi connectivity index (χ0n) is 18.9. The van der Waals surface area contributed by atoms with E-state index in [1.807, 2.05) is 0 Å². The first-order valence-electron chi connectivity index (χ1n) is 12.2. The zero-order chi connectivity index (χ0) is 22.2. The lowest BCUT2D eigenvalue weighted by atomic mass is 9.96. The van der Waals surface area contributed by atoms with Gasteiger partial charge >= 0.3 is 0 Å². The van der Waals surface area contributed by atoms with Crippen LogP contribution in [0.3, 0.4) is 0 Å². The minimum absolute atomic E-state index is 0.890. The molecule has 1 aromatic heterocycles.